The van der Waals surface area contributed by atoms with Crippen LogP contribution in [0.15, 0.2) is 66.3 Å². The Morgan fingerprint density at radius 3 is 2.44 bits per heavy atom. The van der Waals surface area contributed by atoms with E-state index in [0.29, 0.717) is 13.0 Å². The lowest BCUT2D eigenvalue weighted by Gasteiger charge is -2.18. The van der Waals surface area contributed by atoms with Crippen molar-refractivity contribution in [3.63, 3.8) is 0 Å². The van der Waals surface area contributed by atoms with Gasteiger partial charge in [-0.2, -0.15) is 0 Å². The van der Waals surface area contributed by atoms with Crippen molar-refractivity contribution in [1.82, 2.24) is 9.88 Å². The molecule has 5 heteroatoms. The number of aromatic nitrogens is 1. The first-order valence-corrected chi connectivity index (χ1v) is 9.20. The van der Waals surface area contributed by atoms with Crippen molar-refractivity contribution in [2.45, 2.75) is 19.0 Å². The van der Waals surface area contributed by atoms with Crippen LogP contribution < -0.4 is 10.2 Å². The fourth-order valence-corrected chi connectivity index (χ4v) is 3.58. The lowest BCUT2D eigenvalue weighted by atomic mass is 10.1. The number of benzene rings is 1. The Labute approximate surface area is 152 Å². The Hall–Kier alpha value is -2.53. The second kappa shape index (κ2) is 8.03. The predicted molar refractivity (Wildman–Crippen MR) is 104 cm³/mol. The Morgan fingerprint density at radius 1 is 1.12 bits per heavy atom. The molecule has 0 aliphatic carbocycles. The van der Waals surface area contributed by atoms with Crippen LogP contribution in [0.4, 0.5) is 5.69 Å². The summed E-state index contributed by atoms with van der Waals surface area (Å²) in [5.74, 6) is 0.0591. The van der Waals surface area contributed by atoms with Crippen LogP contribution in [0.2, 0.25) is 0 Å². The topological polar surface area (TPSA) is 37.3 Å². The number of carbonyl (C=O) groups excluding carboxylic acids is 1. The van der Waals surface area contributed by atoms with Crippen molar-refractivity contribution < 1.29 is 4.79 Å². The van der Waals surface area contributed by atoms with Gasteiger partial charge in [-0.25, -0.2) is 0 Å². The minimum Gasteiger partial charge on any atom is -0.378 e. The molecular formula is C20H23N3OS. The van der Waals surface area contributed by atoms with Gasteiger partial charge < -0.3 is 14.8 Å². The minimum absolute atomic E-state index is 0.0473. The lowest BCUT2D eigenvalue weighted by Crippen LogP contribution is -2.26. The summed E-state index contributed by atoms with van der Waals surface area (Å²) >= 11 is 1.68. The molecule has 0 fully saturated rings. The highest BCUT2D eigenvalue weighted by atomic mass is 32.1. The molecule has 1 aromatic carbocycles. The van der Waals surface area contributed by atoms with E-state index in [2.05, 4.69) is 50.5 Å². The Morgan fingerprint density at radius 2 is 1.84 bits per heavy atom. The molecule has 130 valence electrons. The molecule has 4 nitrogen and oxygen atoms in total. The Kier molecular flexibility index (Phi) is 5.56. The quantitative estimate of drug-likeness (QED) is 0.699. The largest absolute Gasteiger partial charge is 0.378 e. The van der Waals surface area contributed by atoms with E-state index in [-0.39, 0.29) is 11.9 Å². The molecular weight excluding hydrogens is 330 g/mol. The van der Waals surface area contributed by atoms with Gasteiger partial charge >= 0.3 is 0 Å². The summed E-state index contributed by atoms with van der Waals surface area (Å²) in [7, 11) is 4.03. The molecule has 0 radical (unpaired) electrons. The number of thiophene rings is 1. The number of nitrogens with one attached hydrogen (secondary N) is 1. The summed E-state index contributed by atoms with van der Waals surface area (Å²) in [6, 6.07) is 16.4. The molecule has 0 aliphatic heterocycles. The van der Waals surface area contributed by atoms with Crippen molar-refractivity contribution >= 4 is 22.9 Å². The van der Waals surface area contributed by atoms with Gasteiger partial charge in [-0.05, 0) is 41.3 Å². The van der Waals surface area contributed by atoms with Crippen LogP contribution in [0.3, 0.4) is 0 Å². The normalized spacial score (nSPS) is 11.9. The van der Waals surface area contributed by atoms with E-state index in [1.807, 2.05) is 44.7 Å². The van der Waals surface area contributed by atoms with Crippen LogP contribution in [-0.4, -0.2) is 24.6 Å². The van der Waals surface area contributed by atoms with Gasteiger partial charge in [0.25, 0.3) is 0 Å². The first-order valence-electron chi connectivity index (χ1n) is 8.32. The SMILES string of the molecule is CN(C)c1ccc(CNC(=O)CC(c2cccs2)n2cccc2)cc1. The van der Waals surface area contributed by atoms with Crippen molar-refractivity contribution in [1.29, 1.82) is 0 Å². The monoisotopic (exact) mass is 353 g/mol. The maximum atomic E-state index is 12.5. The molecule has 1 unspecified atom stereocenters. The molecule has 0 spiro atoms. The number of carbonyl (C=O) groups is 1. The minimum atomic E-state index is 0.0473. The maximum Gasteiger partial charge on any atom is 0.222 e. The lowest BCUT2D eigenvalue weighted by molar-refractivity contribution is -0.121. The predicted octanol–water partition coefficient (Wildman–Crippen LogP) is 3.91. The average Bonchev–Trinajstić information content (AvgIpc) is 3.32. The van der Waals surface area contributed by atoms with Crippen LogP contribution in [0.25, 0.3) is 0 Å². The van der Waals surface area contributed by atoms with Crippen LogP contribution in [0, 0.1) is 0 Å². The molecule has 1 N–H and O–H groups in total. The summed E-state index contributed by atoms with van der Waals surface area (Å²) in [5.41, 5.74) is 2.26. The summed E-state index contributed by atoms with van der Waals surface area (Å²) in [4.78, 5) is 15.7. The average molecular weight is 353 g/mol. The Balaban J connectivity index is 1.60. The highest BCUT2D eigenvalue weighted by Crippen LogP contribution is 2.26. The zero-order valence-electron chi connectivity index (χ0n) is 14.6. The molecule has 0 saturated heterocycles. The molecule has 2 heterocycles. The molecule has 2 aromatic heterocycles. The van der Waals surface area contributed by atoms with E-state index in [4.69, 9.17) is 0 Å². The molecule has 3 aromatic rings. The molecule has 0 bridgehead atoms. The van der Waals surface area contributed by atoms with Crippen LogP contribution in [-0.2, 0) is 11.3 Å². The third kappa shape index (κ3) is 4.51. The van der Waals surface area contributed by atoms with Gasteiger partial charge in [0.05, 0.1) is 12.5 Å². The maximum absolute atomic E-state index is 12.5. The van der Waals surface area contributed by atoms with Gasteiger partial charge in [0.15, 0.2) is 0 Å². The second-order valence-corrected chi connectivity index (χ2v) is 7.18. The summed E-state index contributed by atoms with van der Waals surface area (Å²) in [6.07, 6.45) is 4.46. The van der Waals surface area contributed by atoms with Crippen molar-refractivity contribution in [2.24, 2.45) is 0 Å². The van der Waals surface area contributed by atoms with Gasteiger partial charge in [0.1, 0.15) is 0 Å². The van der Waals surface area contributed by atoms with Gasteiger partial charge in [0.2, 0.25) is 5.91 Å². The molecule has 1 atom stereocenters. The third-order valence-electron chi connectivity index (χ3n) is 4.18. The van der Waals surface area contributed by atoms with Crippen LogP contribution in [0.5, 0.6) is 0 Å². The van der Waals surface area contributed by atoms with E-state index < -0.39 is 0 Å². The number of rotatable bonds is 7. The molecule has 0 saturated carbocycles. The van der Waals surface area contributed by atoms with Gasteiger partial charge in [-0.1, -0.05) is 18.2 Å². The van der Waals surface area contributed by atoms with Crippen LogP contribution >= 0.6 is 11.3 Å². The standard InChI is InChI=1S/C20H23N3OS/c1-22(2)17-9-7-16(8-10-17)15-21-20(24)14-18(19-6-5-13-25-19)23-11-3-4-12-23/h3-13,18H,14-15H2,1-2H3,(H,21,24). The summed E-state index contributed by atoms with van der Waals surface area (Å²) < 4.78 is 2.09. The van der Waals surface area contributed by atoms with E-state index in [1.165, 1.54) is 4.88 Å². The number of amides is 1. The van der Waals surface area contributed by atoms with E-state index in [1.54, 1.807) is 11.3 Å². The van der Waals surface area contributed by atoms with Crippen molar-refractivity contribution in [3.05, 3.63) is 76.7 Å². The van der Waals surface area contributed by atoms with E-state index >= 15 is 0 Å². The fourth-order valence-electron chi connectivity index (χ4n) is 2.75. The number of nitrogens with zero attached hydrogens (tertiary/aromatic N) is 2. The van der Waals surface area contributed by atoms with Crippen molar-refractivity contribution in [2.75, 3.05) is 19.0 Å². The molecule has 25 heavy (non-hydrogen) atoms. The first kappa shape index (κ1) is 17.3. The zero-order valence-corrected chi connectivity index (χ0v) is 15.4. The highest BCUT2D eigenvalue weighted by Gasteiger charge is 2.18. The van der Waals surface area contributed by atoms with Crippen molar-refractivity contribution in [3.8, 4) is 0 Å². The molecule has 3 rings (SSSR count). The Bertz CT molecular complexity index is 743. The summed E-state index contributed by atoms with van der Waals surface area (Å²) in [6.45, 7) is 0.551. The number of anilines is 1. The fraction of sp³-hybridized carbons (Fsp3) is 0.250. The van der Waals surface area contributed by atoms with Crippen LogP contribution in [0.1, 0.15) is 22.9 Å². The smallest absolute Gasteiger partial charge is 0.222 e. The number of hydrogen-bond acceptors (Lipinski definition) is 3. The third-order valence-corrected chi connectivity index (χ3v) is 5.15. The molecule has 1 amide bonds. The van der Waals surface area contributed by atoms with Gasteiger partial charge in [0, 0.05) is 43.6 Å². The van der Waals surface area contributed by atoms with Gasteiger partial charge in [-0.3, -0.25) is 4.79 Å². The number of hydrogen-bond donors (Lipinski definition) is 1. The summed E-state index contributed by atoms with van der Waals surface area (Å²) in [5, 5.41) is 5.09. The first-order chi connectivity index (χ1) is 12.1. The van der Waals surface area contributed by atoms with E-state index in [0.717, 1.165) is 11.3 Å². The second-order valence-electron chi connectivity index (χ2n) is 6.20. The molecule has 0 aliphatic rings. The highest BCUT2D eigenvalue weighted by molar-refractivity contribution is 7.10. The van der Waals surface area contributed by atoms with Gasteiger partial charge in [-0.15, -0.1) is 11.3 Å². The zero-order chi connectivity index (χ0) is 17.6. The van der Waals surface area contributed by atoms with E-state index in [9.17, 15) is 4.79 Å².